The molecule has 0 aromatic rings. The molecule has 63 heavy (non-hydrogen) atoms. The van der Waals surface area contributed by atoms with Gasteiger partial charge in [0.25, 0.3) is 0 Å². The van der Waals surface area contributed by atoms with Gasteiger partial charge in [0.1, 0.15) is 0 Å². The Morgan fingerprint density at radius 1 is 0.254 bits per heavy atom. The monoisotopic (exact) mass is 910 g/mol. The predicted molar refractivity (Wildman–Crippen MR) is 207 cm³/mol. The molecule has 0 unspecified atom stereocenters. The van der Waals surface area contributed by atoms with E-state index in [0.29, 0.717) is 0 Å². The Hall–Kier alpha value is -6.60. The number of carbonyl (C=O) groups excluding carboxylic acids is 4. The highest BCUT2D eigenvalue weighted by Crippen LogP contribution is 1.98. The highest BCUT2D eigenvalue weighted by atomic mass is 16.4. The number of amides is 4. The number of aliphatic carboxylic acids is 8. The van der Waals surface area contributed by atoms with Crippen molar-refractivity contribution in [1.82, 2.24) is 50.7 Å². The van der Waals surface area contributed by atoms with Gasteiger partial charge in [0, 0.05) is 52.4 Å². The summed E-state index contributed by atoms with van der Waals surface area (Å²) in [6.07, 6.45) is 0. The van der Waals surface area contributed by atoms with E-state index in [-0.39, 0.29) is 52.4 Å². The number of rotatable bonds is 38. The van der Waals surface area contributed by atoms with E-state index >= 15 is 0 Å². The van der Waals surface area contributed by atoms with Gasteiger partial charge in [-0.2, -0.15) is 0 Å². The van der Waals surface area contributed by atoms with E-state index in [9.17, 15) is 72.9 Å². The molecule has 356 valence electrons. The third-order valence-corrected chi connectivity index (χ3v) is 7.74. The first kappa shape index (κ1) is 56.4. The first-order valence-electron chi connectivity index (χ1n) is 18.6. The van der Waals surface area contributed by atoms with Crippen molar-refractivity contribution in [3.8, 4) is 0 Å². The third kappa shape index (κ3) is 32.8. The molecular formula is C33H54N10O20. The molecule has 0 atom stereocenters. The lowest BCUT2D eigenvalue weighted by atomic mass is 10.3. The first-order chi connectivity index (χ1) is 29.4. The number of nitrogens with zero attached hydrogens (tertiary/aromatic N) is 6. The minimum atomic E-state index is -1.39. The third-order valence-electron chi connectivity index (χ3n) is 7.74. The smallest absolute Gasteiger partial charge is 0.317 e. The maximum Gasteiger partial charge on any atom is 0.317 e. The van der Waals surface area contributed by atoms with Crippen molar-refractivity contribution >= 4 is 71.4 Å². The second kappa shape index (κ2) is 31.3. The van der Waals surface area contributed by atoms with Crippen LogP contribution in [0.4, 0.5) is 0 Å². The molecule has 0 saturated heterocycles. The quantitative estimate of drug-likeness (QED) is 0.0202. The molecule has 0 saturated carbocycles. The van der Waals surface area contributed by atoms with Crippen LogP contribution in [-0.2, 0) is 57.5 Å². The zero-order chi connectivity index (χ0) is 48.1. The van der Waals surface area contributed by atoms with Crippen LogP contribution in [0.3, 0.4) is 0 Å². The van der Waals surface area contributed by atoms with Gasteiger partial charge in [-0.05, 0) is 0 Å². The SMILES string of the molecule is O=C(O)CN(CCN(CC(=O)O)CC(=O)NCCNC(=O)CN(CCN(CC(=O)O)CC(=O)NCCNC(=O)CN(CC(=O)O)CN(CC(=O)O)CC(=O)O)CC(=O)O)CC(=O)O. The zero-order valence-corrected chi connectivity index (χ0v) is 34.0. The molecule has 0 rings (SSSR count). The second-order valence-electron chi connectivity index (χ2n) is 13.5. The van der Waals surface area contributed by atoms with Crippen LogP contribution >= 0.6 is 0 Å². The molecule has 12 N–H and O–H groups in total. The summed E-state index contributed by atoms with van der Waals surface area (Å²) in [4.78, 5) is 146. The van der Waals surface area contributed by atoms with Gasteiger partial charge < -0.3 is 62.1 Å². The summed E-state index contributed by atoms with van der Waals surface area (Å²) in [6, 6.07) is 0. The van der Waals surface area contributed by atoms with Crippen LogP contribution in [0.1, 0.15) is 0 Å². The molecule has 0 aliphatic heterocycles. The Balaban J connectivity index is 5.07. The Morgan fingerprint density at radius 3 is 0.619 bits per heavy atom. The molecule has 0 bridgehead atoms. The largest absolute Gasteiger partial charge is 0.480 e. The Labute approximate surface area is 357 Å². The lowest BCUT2D eigenvalue weighted by Gasteiger charge is -2.27. The summed E-state index contributed by atoms with van der Waals surface area (Å²) >= 11 is 0. The molecule has 0 aromatic carbocycles. The van der Waals surface area contributed by atoms with E-state index in [1.807, 2.05) is 0 Å². The van der Waals surface area contributed by atoms with Gasteiger partial charge in [-0.25, -0.2) is 0 Å². The standard InChI is InChI=1S/C33H54N10O20/c44-22(34-1-2-35-24(46)11-40(15-28(52)53)7-8-41(16-29(54)55)17-30(56)57)9-38(13-26(48)49)5-6-39(14-27(50)51)10-23(45)36-3-4-37-25(47)12-42(18-31(58)59)21-43(19-32(60)61)20-33(62)63/h1-21H2,(H,34,44)(H,35,46)(H,36,45)(H,37,47)(H,48,49)(H,50,51)(H,52,53)(H,54,55)(H,56,57)(H,58,59)(H,60,61)(H,62,63). The summed E-state index contributed by atoms with van der Waals surface area (Å²) in [7, 11) is 0. The summed E-state index contributed by atoms with van der Waals surface area (Å²) in [6.45, 7) is -9.62. The van der Waals surface area contributed by atoms with Crippen molar-refractivity contribution in [2.75, 3.05) is 138 Å². The van der Waals surface area contributed by atoms with Gasteiger partial charge >= 0.3 is 47.8 Å². The number of carboxylic acid groups (broad SMARTS) is 8. The molecular weight excluding hydrogens is 856 g/mol. The van der Waals surface area contributed by atoms with Crippen LogP contribution in [0.25, 0.3) is 0 Å². The van der Waals surface area contributed by atoms with Gasteiger partial charge in [0.15, 0.2) is 0 Å². The van der Waals surface area contributed by atoms with E-state index in [0.717, 1.165) is 29.4 Å². The summed E-state index contributed by atoms with van der Waals surface area (Å²) in [5, 5.41) is 82.7. The van der Waals surface area contributed by atoms with Crippen molar-refractivity contribution < 1.29 is 98.4 Å². The molecule has 30 nitrogen and oxygen atoms in total. The fourth-order valence-corrected chi connectivity index (χ4v) is 5.39. The van der Waals surface area contributed by atoms with Crippen LogP contribution < -0.4 is 21.3 Å². The van der Waals surface area contributed by atoms with Crippen molar-refractivity contribution in [2.24, 2.45) is 0 Å². The van der Waals surface area contributed by atoms with Crippen LogP contribution in [0.5, 0.6) is 0 Å². The Bertz CT molecular complexity index is 1580. The van der Waals surface area contributed by atoms with Gasteiger partial charge in [0.05, 0.1) is 85.2 Å². The van der Waals surface area contributed by atoms with E-state index in [1.54, 1.807) is 0 Å². The number of hydrogen-bond donors (Lipinski definition) is 12. The van der Waals surface area contributed by atoms with Crippen molar-refractivity contribution in [1.29, 1.82) is 0 Å². The van der Waals surface area contributed by atoms with Crippen LogP contribution in [0.2, 0.25) is 0 Å². The molecule has 4 amide bonds. The number of carbonyl (C=O) groups is 12. The molecule has 0 aliphatic carbocycles. The molecule has 0 heterocycles. The highest BCUT2D eigenvalue weighted by Gasteiger charge is 2.23. The van der Waals surface area contributed by atoms with E-state index in [2.05, 4.69) is 21.3 Å². The molecule has 0 fully saturated rings. The average molecular weight is 911 g/mol. The van der Waals surface area contributed by atoms with Crippen LogP contribution in [0.15, 0.2) is 0 Å². The lowest BCUT2D eigenvalue weighted by Crippen LogP contribution is -2.49. The number of nitrogens with one attached hydrogen (secondary N) is 4. The van der Waals surface area contributed by atoms with E-state index in [1.165, 1.54) is 0 Å². The number of carboxylic acids is 8. The lowest BCUT2D eigenvalue weighted by molar-refractivity contribution is -0.145. The zero-order valence-electron chi connectivity index (χ0n) is 34.0. The molecule has 0 aromatic heterocycles. The fraction of sp³-hybridized carbons (Fsp3) is 0.636. The molecule has 0 radical (unpaired) electrons. The number of hydrogen-bond acceptors (Lipinski definition) is 18. The fourth-order valence-electron chi connectivity index (χ4n) is 5.39. The van der Waals surface area contributed by atoms with Gasteiger partial charge in [-0.3, -0.25) is 86.9 Å². The second-order valence-corrected chi connectivity index (χ2v) is 13.5. The van der Waals surface area contributed by atoms with Crippen LogP contribution in [-0.4, -0.2) is 279 Å². The van der Waals surface area contributed by atoms with Gasteiger partial charge in [-0.15, -0.1) is 0 Å². The minimum Gasteiger partial charge on any atom is -0.480 e. The maximum atomic E-state index is 12.6. The van der Waals surface area contributed by atoms with Gasteiger partial charge in [0.2, 0.25) is 23.6 Å². The first-order valence-corrected chi connectivity index (χ1v) is 18.6. The normalized spacial score (nSPS) is 11.1. The van der Waals surface area contributed by atoms with Crippen LogP contribution in [0, 0.1) is 0 Å². The highest BCUT2D eigenvalue weighted by molar-refractivity contribution is 5.81. The summed E-state index contributed by atoms with van der Waals surface area (Å²) < 4.78 is 0. The van der Waals surface area contributed by atoms with Gasteiger partial charge in [-0.1, -0.05) is 0 Å². The molecule has 0 aliphatic rings. The minimum absolute atomic E-state index is 0.162. The Kier molecular flexibility index (Phi) is 28.0. The van der Waals surface area contributed by atoms with E-state index < -0.39 is 157 Å². The van der Waals surface area contributed by atoms with Crippen molar-refractivity contribution in [2.45, 2.75) is 0 Å². The summed E-state index contributed by atoms with van der Waals surface area (Å²) in [5.74, 6) is -13.7. The maximum absolute atomic E-state index is 12.6. The molecule has 30 heteroatoms. The average Bonchev–Trinajstić information content (AvgIpc) is 3.11. The van der Waals surface area contributed by atoms with Crippen molar-refractivity contribution in [3.05, 3.63) is 0 Å². The van der Waals surface area contributed by atoms with Crippen molar-refractivity contribution in [3.63, 3.8) is 0 Å². The predicted octanol–water partition coefficient (Wildman–Crippen LogP) is -8.10. The van der Waals surface area contributed by atoms with E-state index in [4.69, 9.17) is 25.5 Å². The topological polar surface area (TPSA) is 434 Å². The summed E-state index contributed by atoms with van der Waals surface area (Å²) in [5.41, 5.74) is 0. The molecule has 0 spiro atoms. The Morgan fingerprint density at radius 2 is 0.413 bits per heavy atom.